The summed E-state index contributed by atoms with van der Waals surface area (Å²) in [6.07, 6.45) is 0. The minimum Gasteiger partial charge on any atom is -0.491 e. The molecule has 0 saturated heterocycles. The summed E-state index contributed by atoms with van der Waals surface area (Å²) < 4.78 is 10.6. The van der Waals surface area contributed by atoms with Gasteiger partial charge >= 0.3 is 0 Å². The van der Waals surface area contributed by atoms with Gasteiger partial charge in [0.2, 0.25) is 0 Å². The normalized spacial score (nSPS) is 12.5. The molecule has 146 valence electrons. The number of methoxy groups -OCH3 is 1. The lowest BCUT2D eigenvalue weighted by molar-refractivity contribution is 0.146. The first kappa shape index (κ1) is 21.1. The molecule has 0 fully saturated rings. The lowest BCUT2D eigenvalue weighted by Crippen LogP contribution is -2.39. The molecule has 0 bridgehead atoms. The van der Waals surface area contributed by atoms with Gasteiger partial charge in [0.05, 0.1) is 6.61 Å². The third kappa shape index (κ3) is 8.37. The second kappa shape index (κ2) is 12.3. The number of guanidine groups is 1. The molecule has 0 radical (unpaired) electrons. The van der Waals surface area contributed by atoms with E-state index in [0.29, 0.717) is 25.0 Å². The van der Waals surface area contributed by atoms with Gasteiger partial charge in [-0.2, -0.15) is 0 Å². The van der Waals surface area contributed by atoms with E-state index in [-0.39, 0.29) is 0 Å². The molecule has 0 aliphatic carbocycles. The molecule has 1 atom stereocenters. The number of benzene rings is 2. The van der Waals surface area contributed by atoms with E-state index in [4.69, 9.17) is 9.47 Å². The van der Waals surface area contributed by atoms with Crippen molar-refractivity contribution in [1.29, 1.82) is 0 Å². The fourth-order valence-electron chi connectivity index (χ4n) is 2.37. The van der Waals surface area contributed by atoms with Crippen molar-refractivity contribution in [3.63, 3.8) is 0 Å². The first-order chi connectivity index (χ1) is 13.2. The van der Waals surface area contributed by atoms with E-state index >= 15 is 0 Å². The average Bonchev–Trinajstić information content (AvgIpc) is 2.70. The highest BCUT2D eigenvalue weighted by Gasteiger charge is 2.06. The van der Waals surface area contributed by atoms with Crippen molar-refractivity contribution in [3.05, 3.63) is 60.2 Å². The summed E-state index contributed by atoms with van der Waals surface area (Å²) in [4.78, 5) is 5.58. The van der Waals surface area contributed by atoms with Gasteiger partial charge in [-0.1, -0.05) is 37.3 Å². The molecule has 0 amide bonds. The fraction of sp³-hybridized carbons (Fsp3) is 0.381. The van der Waals surface area contributed by atoms with Crippen LogP contribution in [0.1, 0.15) is 12.5 Å². The van der Waals surface area contributed by atoms with Crippen LogP contribution in [-0.4, -0.2) is 45.1 Å². The van der Waals surface area contributed by atoms with E-state index in [1.54, 1.807) is 14.2 Å². The summed E-state index contributed by atoms with van der Waals surface area (Å²) in [6.45, 7) is 4.90. The van der Waals surface area contributed by atoms with Crippen LogP contribution < -0.4 is 15.4 Å². The first-order valence-electron chi connectivity index (χ1n) is 9.08. The van der Waals surface area contributed by atoms with E-state index in [0.717, 1.165) is 18.3 Å². The van der Waals surface area contributed by atoms with Gasteiger partial charge in [0, 0.05) is 37.4 Å². The standard InChI is InChI=1S/C21H29N3O2S/c1-17(27-20-7-5-4-6-8-20)15-23-21(22-2)24-16-18-9-11-19(12-10-18)26-14-13-25-3/h4-12,17H,13-16H2,1-3H3,(H2,22,23,24). The predicted octanol–water partition coefficient (Wildman–Crippen LogP) is 3.56. The van der Waals surface area contributed by atoms with Crippen LogP contribution in [-0.2, 0) is 11.3 Å². The van der Waals surface area contributed by atoms with Crippen molar-refractivity contribution < 1.29 is 9.47 Å². The number of rotatable bonds is 10. The molecule has 2 N–H and O–H groups in total. The number of nitrogens with zero attached hydrogens (tertiary/aromatic N) is 1. The Kier molecular flexibility index (Phi) is 9.58. The maximum absolute atomic E-state index is 5.58. The minimum absolute atomic E-state index is 0.439. The van der Waals surface area contributed by atoms with Crippen molar-refractivity contribution in [2.24, 2.45) is 4.99 Å². The van der Waals surface area contributed by atoms with Crippen molar-refractivity contribution in [2.45, 2.75) is 23.6 Å². The molecule has 2 aromatic carbocycles. The van der Waals surface area contributed by atoms with E-state index < -0.39 is 0 Å². The highest BCUT2D eigenvalue weighted by atomic mass is 32.2. The number of aliphatic imine (C=N–C) groups is 1. The summed E-state index contributed by atoms with van der Waals surface area (Å²) in [5.41, 5.74) is 1.17. The topological polar surface area (TPSA) is 54.9 Å². The number of thioether (sulfide) groups is 1. The number of hydrogen-bond donors (Lipinski definition) is 2. The van der Waals surface area contributed by atoms with Gasteiger partial charge < -0.3 is 20.1 Å². The zero-order valence-electron chi connectivity index (χ0n) is 16.3. The van der Waals surface area contributed by atoms with Gasteiger partial charge in [-0.25, -0.2) is 0 Å². The Morgan fingerprint density at radius 3 is 2.44 bits per heavy atom. The van der Waals surface area contributed by atoms with Gasteiger partial charge in [0.1, 0.15) is 12.4 Å². The van der Waals surface area contributed by atoms with Crippen LogP contribution >= 0.6 is 11.8 Å². The van der Waals surface area contributed by atoms with Gasteiger partial charge in [-0.3, -0.25) is 4.99 Å². The monoisotopic (exact) mass is 387 g/mol. The van der Waals surface area contributed by atoms with Crippen molar-refractivity contribution in [1.82, 2.24) is 10.6 Å². The van der Waals surface area contributed by atoms with Crippen molar-refractivity contribution >= 4 is 17.7 Å². The van der Waals surface area contributed by atoms with Gasteiger partial charge in [-0.05, 0) is 29.8 Å². The van der Waals surface area contributed by atoms with Crippen molar-refractivity contribution in [2.75, 3.05) is 33.9 Å². The Labute approximate surface area is 166 Å². The van der Waals surface area contributed by atoms with E-state index in [9.17, 15) is 0 Å². The van der Waals surface area contributed by atoms with Crippen LogP contribution in [0.4, 0.5) is 0 Å². The largest absolute Gasteiger partial charge is 0.491 e. The Morgan fingerprint density at radius 1 is 1.04 bits per heavy atom. The van der Waals surface area contributed by atoms with Crippen LogP contribution in [0.3, 0.4) is 0 Å². The zero-order chi connectivity index (χ0) is 19.3. The van der Waals surface area contributed by atoms with Crippen LogP contribution in [0.5, 0.6) is 5.75 Å². The van der Waals surface area contributed by atoms with E-state index in [1.165, 1.54) is 10.5 Å². The zero-order valence-corrected chi connectivity index (χ0v) is 17.1. The van der Waals surface area contributed by atoms with Crippen molar-refractivity contribution in [3.8, 4) is 5.75 Å². The maximum Gasteiger partial charge on any atom is 0.191 e. The molecule has 1 unspecified atom stereocenters. The molecule has 2 rings (SSSR count). The Hall–Kier alpha value is -2.18. The Bertz CT molecular complexity index is 678. The van der Waals surface area contributed by atoms with Crippen LogP contribution in [0, 0.1) is 0 Å². The Balaban J connectivity index is 1.71. The highest BCUT2D eigenvalue weighted by Crippen LogP contribution is 2.21. The van der Waals surface area contributed by atoms with Crippen LogP contribution in [0.15, 0.2) is 64.5 Å². The number of hydrogen-bond acceptors (Lipinski definition) is 4. The summed E-state index contributed by atoms with van der Waals surface area (Å²) in [7, 11) is 3.46. The van der Waals surface area contributed by atoms with Crippen LogP contribution in [0.2, 0.25) is 0 Å². The third-order valence-electron chi connectivity index (χ3n) is 3.80. The van der Waals surface area contributed by atoms with Gasteiger partial charge in [0.25, 0.3) is 0 Å². The minimum atomic E-state index is 0.439. The van der Waals surface area contributed by atoms with Gasteiger partial charge in [-0.15, -0.1) is 11.8 Å². The molecular weight excluding hydrogens is 358 g/mol. The summed E-state index contributed by atoms with van der Waals surface area (Å²) in [5.74, 6) is 1.65. The number of ether oxygens (including phenoxy) is 2. The molecule has 0 heterocycles. The number of nitrogens with one attached hydrogen (secondary N) is 2. The average molecular weight is 388 g/mol. The van der Waals surface area contributed by atoms with Crippen LogP contribution in [0.25, 0.3) is 0 Å². The SMILES string of the molecule is CN=C(NCc1ccc(OCCOC)cc1)NCC(C)Sc1ccccc1. The third-order valence-corrected chi connectivity index (χ3v) is 4.91. The first-order valence-corrected chi connectivity index (χ1v) is 9.96. The maximum atomic E-state index is 5.58. The smallest absolute Gasteiger partial charge is 0.191 e. The second-order valence-electron chi connectivity index (χ2n) is 6.03. The van der Waals surface area contributed by atoms with E-state index in [1.807, 2.05) is 30.0 Å². The quantitative estimate of drug-likeness (QED) is 0.283. The molecule has 27 heavy (non-hydrogen) atoms. The molecule has 0 saturated carbocycles. The molecule has 0 spiro atoms. The molecule has 0 aliphatic rings. The summed E-state index contributed by atoms with van der Waals surface area (Å²) >= 11 is 1.85. The fourth-order valence-corrected chi connectivity index (χ4v) is 3.31. The predicted molar refractivity (Wildman–Crippen MR) is 114 cm³/mol. The summed E-state index contributed by atoms with van der Waals surface area (Å²) in [5, 5.41) is 7.17. The van der Waals surface area contributed by atoms with E-state index in [2.05, 4.69) is 58.9 Å². The van der Waals surface area contributed by atoms with Gasteiger partial charge in [0.15, 0.2) is 5.96 Å². The molecule has 6 heteroatoms. The molecular formula is C21H29N3O2S. The molecule has 0 aliphatic heterocycles. The molecule has 5 nitrogen and oxygen atoms in total. The lowest BCUT2D eigenvalue weighted by Gasteiger charge is -2.16. The molecule has 2 aromatic rings. The second-order valence-corrected chi connectivity index (χ2v) is 7.55. The lowest BCUT2D eigenvalue weighted by atomic mass is 10.2. The summed E-state index contributed by atoms with van der Waals surface area (Å²) in [6, 6.07) is 18.5. The Morgan fingerprint density at radius 2 is 1.78 bits per heavy atom. The highest BCUT2D eigenvalue weighted by molar-refractivity contribution is 8.00. The molecule has 0 aromatic heterocycles.